The van der Waals surface area contributed by atoms with Crippen LogP contribution in [0.2, 0.25) is 0 Å². The number of benzene rings is 8. The van der Waals surface area contributed by atoms with Gasteiger partial charge in [0, 0.05) is 28.9 Å². The van der Waals surface area contributed by atoms with Gasteiger partial charge < -0.3 is 4.57 Å². The molecule has 8 aromatic carbocycles. The second-order valence-corrected chi connectivity index (χ2v) is 12.4. The Morgan fingerprint density at radius 3 is 1.55 bits per heavy atom. The molecule has 0 saturated carbocycles. The molecule has 0 aliphatic rings. The Balaban J connectivity index is 1.19. The maximum absolute atomic E-state index is 4.33. The third-order valence-electron chi connectivity index (χ3n) is 9.85. The molecule has 0 amide bonds. The summed E-state index contributed by atoms with van der Waals surface area (Å²) in [6, 6.07) is 57.7. The molecule has 0 aliphatic heterocycles. The molecule has 0 aliphatic carbocycles. The Labute approximate surface area is 272 Å². The number of aromatic nitrogens is 2. The van der Waals surface area contributed by atoms with E-state index in [1.807, 2.05) is 18.5 Å². The summed E-state index contributed by atoms with van der Waals surface area (Å²) in [6.45, 7) is 0. The smallest absolute Gasteiger partial charge is 0.0541 e. The summed E-state index contributed by atoms with van der Waals surface area (Å²) in [5.41, 5.74) is 10.8. The van der Waals surface area contributed by atoms with Crippen molar-refractivity contribution < 1.29 is 0 Å². The Morgan fingerprint density at radius 2 is 0.957 bits per heavy atom. The van der Waals surface area contributed by atoms with Crippen molar-refractivity contribution in [2.45, 2.75) is 0 Å². The molecule has 0 atom stereocenters. The monoisotopic (exact) mass is 596 g/mol. The minimum absolute atomic E-state index is 1.12. The van der Waals surface area contributed by atoms with Gasteiger partial charge in [0.15, 0.2) is 0 Å². The van der Waals surface area contributed by atoms with Gasteiger partial charge in [-0.05, 0) is 102 Å². The number of rotatable bonds is 4. The lowest BCUT2D eigenvalue weighted by Crippen LogP contribution is -1.94. The predicted octanol–water partition coefficient (Wildman–Crippen LogP) is 12.1. The maximum atomic E-state index is 4.33. The molecule has 10 rings (SSSR count). The van der Waals surface area contributed by atoms with Gasteiger partial charge in [0.1, 0.15) is 0 Å². The van der Waals surface area contributed by atoms with Crippen LogP contribution in [0.5, 0.6) is 0 Å². The van der Waals surface area contributed by atoms with Gasteiger partial charge in [-0.3, -0.25) is 4.98 Å². The second-order valence-electron chi connectivity index (χ2n) is 12.4. The summed E-state index contributed by atoms with van der Waals surface area (Å²) in [7, 11) is 0. The van der Waals surface area contributed by atoms with Crippen molar-refractivity contribution in [1.82, 2.24) is 9.55 Å². The average Bonchev–Trinajstić information content (AvgIpc) is 3.49. The van der Waals surface area contributed by atoms with Crippen molar-refractivity contribution in [1.29, 1.82) is 0 Å². The first kappa shape index (κ1) is 26.0. The van der Waals surface area contributed by atoms with Crippen LogP contribution >= 0.6 is 0 Å². The largest absolute Gasteiger partial charge is 0.309 e. The minimum Gasteiger partial charge on any atom is -0.309 e. The first-order chi connectivity index (χ1) is 23.3. The van der Waals surface area contributed by atoms with E-state index >= 15 is 0 Å². The van der Waals surface area contributed by atoms with Crippen LogP contribution in [0.3, 0.4) is 0 Å². The molecule has 2 aromatic heterocycles. The van der Waals surface area contributed by atoms with Gasteiger partial charge in [0.05, 0.1) is 11.0 Å². The first-order valence-corrected chi connectivity index (χ1v) is 16.1. The standard InChI is InChI=1S/C45H28N2/c1-3-12-42-36(10-1)37-11-2-4-13-43(37)47(42)35-22-18-31(19-23-35)41-27-40(30-16-14-29(15-17-30)34-9-6-26-46-28-34)38-24-20-32-7-5-8-33-21-25-39(41)45(38)44(32)33/h1-28H. The van der Waals surface area contributed by atoms with E-state index < -0.39 is 0 Å². The Hall–Kier alpha value is -6.25. The van der Waals surface area contributed by atoms with E-state index in [-0.39, 0.29) is 0 Å². The van der Waals surface area contributed by atoms with E-state index in [9.17, 15) is 0 Å². The fraction of sp³-hybridized carbons (Fsp3) is 0. The third kappa shape index (κ3) is 3.95. The highest BCUT2D eigenvalue weighted by Gasteiger charge is 2.17. The summed E-state index contributed by atoms with van der Waals surface area (Å²) in [4.78, 5) is 4.33. The molecular formula is C45H28N2. The van der Waals surface area contributed by atoms with E-state index in [1.165, 1.54) is 81.9 Å². The number of pyridine rings is 1. The first-order valence-electron chi connectivity index (χ1n) is 16.1. The average molecular weight is 597 g/mol. The molecular weight excluding hydrogens is 569 g/mol. The zero-order valence-corrected chi connectivity index (χ0v) is 25.6. The zero-order chi connectivity index (χ0) is 30.9. The van der Waals surface area contributed by atoms with Crippen molar-refractivity contribution in [3.8, 4) is 39.1 Å². The van der Waals surface area contributed by atoms with Gasteiger partial charge in [0.2, 0.25) is 0 Å². The summed E-state index contributed by atoms with van der Waals surface area (Å²) < 4.78 is 2.38. The lowest BCUT2D eigenvalue weighted by atomic mass is 9.85. The highest BCUT2D eigenvalue weighted by Crippen LogP contribution is 2.44. The summed E-state index contributed by atoms with van der Waals surface area (Å²) in [5, 5.41) is 10.3. The van der Waals surface area contributed by atoms with Crippen LogP contribution in [-0.2, 0) is 0 Å². The van der Waals surface area contributed by atoms with Crippen LogP contribution in [0.4, 0.5) is 0 Å². The number of hydrogen-bond donors (Lipinski definition) is 0. The van der Waals surface area contributed by atoms with Crippen molar-refractivity contribution in [3.63, 3.8) is 0 Å². The molecule has 10 aromatic rings. The number of hydrogen-bond acceptors (Lipinski definition) is 1. The molecule has 2 heteroatoms. The molecule has 0 bridgehead atoms. The van der Waals surface area contributed by atoms with Crippen LogP contribution in [0.25, 0.3) is 93.2 Å². The lowest BCUT2D eigenvalue weighted by molar-refractivity contribution is 1.18. The quantitative estimate of drug-likeness (QED) is 0.185. The fourth-order valence-electron chi connectivity index (χ4n) is 7.68. The Kier molecular flexibility index (Phi) is 5.61. The molecule has 0 saturated heterocycles. The van der Waals surface area contributed by atoms with Crippen molar-refractivity contribution >= 4 is 54.1 Å². The van der Waals surface area contributed by atoms with Crippen molar-refractivity contribution in [2.75, 3.05) is 0 Å². The zero-order valence-electron chi connectivity index (χ0n) is 25.6. The van der Waals surface area contributed by atoms with Gasteiger partial charge in [-0.2, -0.15) is 0 Å². The van der Waals surface area contributed by atoms with E-state index in [0.717, 1.165) is 11.3 Å². The SMILES string of the molecule is c1cncc(-c2ccc(-c3cc(-c4ccc(-n5c6ccccc6c6ccccc65)cc4)c4ccc5cccc6ccc3c4c65)cc2)c1. The Bertz CT molecular complexity index is 2680. The Morgan fingerprint density at radius 1 is 0.383 bits per heavy atom. The molecule has 2 nitrogen and oxygen atoms in total. The maximum Gasteiger partial charge on any atom is 0.0541 e. The lowest BCUT2D eigenvalue weighted by Gasteiger charge is -2.18. The van der Waals surface area contributed by atoms with Gasteiger partial charge in [-0.25, -0.2) is 0 Å². The second kappa shape index (κ2) is 10.1. The van der Waals surface area contributed by atoms with E-state index in [2.05, 4.69) is 161 Å². The van der Waals surface area contributed by atoms with Crippen molar-refractivity contribution in [3.05, 3.63) is 170 Å². The van der Waals surface area contributed by atoms with Crippen LogP contribution < -0.4 is 0 Å². The van der Waals surface area contributed by atoms with Gasteiger partial charge >= 0.3 is 0 Å². The third-order valence-corrected chi connectivity index (χ3v) is 9.85. The summed E-state index contributed by atoms with van der Waals surface area (Å²) in [5.74, 6) is 0. The van der Waals surface area contributed by atoms with E-state index in [0.29, 0.717) is 0 Å². The number of nitrogens with zero attached hydrogens (tertiary/aromatic N) is 2. The van der Waals surface area contributed by atoms with Gasteiger partial charge in [-0.1, -0.05) is 121 Å². The number of fused-ring (bicyclic) bond motifs is 3. The van der Waals surface area contributed by atoms with Crippen LogP contribution in [-0.4, -0.2) is 9.55 Å². The minimum atomic E-state index is 1.12. The van der Waals surface area contributed by atoms with E-state index in [4.69, 9.17) is 0 Å². The van der Waals surface area contributed by atoms with Crippen LogP contribution in [0.15, 0.2) is 170 Å². The van der Waals surface area contributed by atoms with Crippen molar-refractivity contribution in [2.24, 2.45) is 0 Å². The molecule has 0 radical (unpaired) electrons. The van der Waals surface area contributed by atoms with Crippen LogP contribution in [0, 0.1) is 0 Å². The molecule has 218 valence electrons. The van der Waals surface area contributed by atoms with Gasteiger partial charge in [-0.15, -0.1) is 0 Å². The normalized spacial score (nSPS) is 11.8. The number of para-hydroxylation sites is 2. The topological polar surface area (TPSA) is 17.8 Å². The molecule has 0 spiro atoms. The van der Waals surface area contributed by atoms with Crippen LogP contribution in [0.1, 0.15) is 0 Å². The molecule has 2 heterocycles. The summed E-state index contributed by atoms with van der Waals surface area (Å²) in [6.07, 6.45) is 3.74. The fourth-order valence-corrected chi connectivity index (χ4v) is 7.68. The molecule has 0 fully saturated rings. The van der Waals surface area contributed by atoms with Gasteiger partial charge in [0.25, 0.3) is 0 Å². The van der Waals surface area contributed by atoms with E-state index in [1.54, 1.807) is 0 Å². The molecule has 0 unspecified atom stereocenters. The molecule has 47 heavy (non-hydrogen) atoms. The molecule has 0 N–H and O–H groups in total. The predicted molar refractivity (Wildman–Crippen MR) is 199 cm³/mol. The highest BCUT2D eigenvalue weighted by atomic mass is 15.0. The highest BCUT2D eigenvalue weighted by molar-refractivity contribution is 6.28. The summed E-state index contributed by atoms with van der Waals surface area (Å²) >= 11 is 0.